The minimum atomic E-state index is -4.43. The molecule has 4 nitrogen and oxygen atoms in total. The molecular formula is C15H13BrClF3N2O2. The first kappa shape index (κ1) is 17.6. The number of halogens is 5. The molecule has 1 aromatic carbocycles. The zero-order valence-electron chi connectivity index (χ0n) is 12.4. The third-order valence-electron chi connectivity index (χ3n) is 3.55. The molecule has 24 heavy (non-hydrogen) atoms. The van der Waals surface area contributed by atoms with Crippen LogP contribution in [0.3, 0.4) is 0 Å². The highest BCUT2D eigenvalue weighted by molar-refractivity contribution is 9.10. The largest absolute Gasteiger partial charge is 0.483 e. The second-order valence-electron chi connectivity index (χ2n) is 5.24. The summed E-state index contributed by atoms with van der Waals surface area (Å²) in [6, 6.07) is 4.68. The number of benzene rings is 1. The van der Waals surface area contributed by atoms with Crippen molar-refractivity contribution in [2.45, 2.75) is 19.1 Å². The van der Waals surface area contributed by atoms with E-state index in [1.807, 2.05) is 4.57 Å². The average Bonchev–Trinajstić information content (AvgIpc) is 2.70. The molecule has 2 heterocycles. The Labute approximate surface area is 149 Å². The minimum absolute atomic E-state index is 0.0233. The van der Waals surface area contributed by atoms with Gasteiger partial charge < -0.3 is 14.0 Å². The highest BCUT2D eigenvalue weighted by Gasteiger charge is 2.29. The van der Waals surface area contributed by atoms with E-state index < -0.39 is 12.8 Å². The molecule has 1 aliphatic heterocycles. The van der Waals surface area contributed by atoms with E-state index in [-0.39, 0.29) is 10.8 Å². The van der Waals surface area contributed by atoms with Crippen molar-refractivity contribution in [3.8, 4) is 17.1 Å². The van der Waals surface area contributed by atoms with E-state index in [0.717, 1.165) is 5.69 Å². The van der Waals surface area contributed by atoms with Gasteiger partial charge in [-0.25, -0.2) is 4.98 Å². The molecule has 0 saturated heterocycles. The lowest BCUT2D eigenvalue weighted by Gasteiger charge is -2.13. The molecule has 0 saturated carbocycles. The smallest absolute Gasteiger partial charge is 0.422 e. The predicted molar refractivity (Wildman–Crippen MR) is 86.4 cm³/mol. The number of imidazole rings is 1. The molecule has 0 bridgehead atoms. The van der Waals surface area contributed by atoms with Crippen molar-refractivity contribution < 1.29 is 22.6 Å². The maximum atomic E-state index is 12.4. The Kier molecular flexibility index (Phi) is 5.08. The molecule has 1 aliphatic rings. The summed E-state index contributed by atoms with van der Waals surface area (Å²) in [5.41, 5.74) is 1.63. The van der Waals surface area contributed by atoms with Gasteiger partial charge in [0, 0.05) is 18.5 Å². The van der Waals surface area contributed by atoms with Crippen LogP contribution in [0.1, 0.15) is 5.69 Å². The Morgan fingerprint density at radius 1 is 1.33 bits per heavy atom. The molecule has 130 valence electrons. The van der Waals surface area contributed by atoms with Crippen LogP contribution in [-0.2, 0) is 17.7 Å². The van der Waals surface area contributed by atoms with E-state index in [9.17, 15) is 13.2 Å². The number of aromatic nitrogens is 2. The Bertz CT molecular complexity index is 749. The molecule has 0 fully saturated rings. The lowest BCUT2D eigenvalue weighted by Crippen LogP contribution is -2.19. The molecule has 0 atom stereocenters. The normalized spacial score (nSPS) is 15.0. The zero-order chi connectivity index (χ0) is 17.3. The van der Waals surface area contributed by atoms with Crippen LogP contribution < -0.4 is 4.74 Å². The fourth-order valence-corrected chi connectivity index (χ4v) is 3.25. The fourth-order valence-electron chi connectivity index (χ4n) is 2.50. The third-order valence-corrected chi connectivity index (χ3v) is 4.49. The molecule has 0 unspecified atom stereocenters. The van der Waals surface area contributed by atoms with Crippen LogP contribution in [0.5, 0.6) is 5.75 Å². The number of ether oxygens (including phenoxy) is 2. The van der Waals surface area contributed by atoms with E-state index in [4.69, 9.17) is 21.1 Å². The summed E-state index contributed by atoms with van der Waals surface area (Å²) in [5.74, 6) is 0.612. The van der Waals surface area contributed by atoms with Crippen molar-refractivity contribution in [3.05, 3.63) is 33.5 Å². The summed E-state index contributed by atoms with van der Waals surface area (Å²) in [6.45, 7) is 0.371. The van der Waals surface area contributed by atoms with Crippen LogP contribution in [0.15, 0.2) is 22.8 Å². The fraction of sp³-hybridized carbons (Fsp3) is 0.400. The van der Waals surface area contributed by atoms with Gasteiger partial charge in [0.25, 0.3) is 0 Å². The Morgan fingerprint density at radius 3 is 2.88 bits per heavy atom. The van der Waals surface area contributed by atoms with E-state index in [1.54, 1.807) is 6.07 Å². The first-order chi connectivity index (χ1) is 11.3. The van der Waals surface area contributed by atoms with Crippen LogP contribution in [-0.4, -0.2) is 35.5 Å². The molecule has 3 rings (SSSR count). The number of hydrogen-bond donors (Lipinski definition) is 0. The summed E-state index contributed by atoms with van der Waals surface area (Å²) in [4.78, 5) is 4.49. The number of nitrogens with zero attached hydrogens (tertiary/aromatic N) is 2. The highest BCUT2D eigenvalue weighted by atomic mass is 79.9. The van der Waals surface area contributed by atoms with E-state index in [0.29, 0.717) is 42.2 Å². The van der Waals surface area contributed by atoms with Gasteiger partial charge in [0.15, 0.2) is 6.61 Å². The average molecular weight is 426 g/mol. The van der Waals surface area contributed by atoms with E-state index >= 15 is 0 Å². The monoisotopic (exact) mass is 424 g/mol. The Hall–Kier alpha value is -1.25. The molecule has 0 spiro atoms. The number of rotatable bonds is 3. The summed E-state index contributed by atoms with van der Waals surface area (Å²) >= 11 is 9.37. The summed E-state index contributed by atoms with van der Waals surface area (Å²) in [6.07, 6.45) is -3.72. The topological polar surface area (TPSA) is 36.3 Å². The first-order valence-corrected chi connectivity index (χ1v) is 8.34. The van der Waals surface area contributed by atoms with Gasteiger partial charge >= 0.3 is 6.18 Å². The van der Waals surface area contributed by atoms with Gasteiger partial charge in [-0.15, -0.1) is 0 Å². The molecule has 0 N–H and O–H groups in total. The molecule has 2 aromatic rings. The first-order valence-electron chi connectivity index (χ1n) is 7.17. The van der Waals surface area contributed by atoms with Crippen molar-refractivity contribution in [3.63, 3.8) is 0 Å². The van der Waals surface area contributed by atoms with Gasteiger partial charge in [0.2, 0.25) is 0 Å². The molecule has 0 radical (unpaired) electrons. The molecular weight excluding hydrogens is 413 g/mol. The van der Waals surface area contributed by atoms with Gasteiger partial charge in [-0.3, -0.25) is 0 Å². The molecule has 9 heteroatoms. The van der Waals surface area contributed by atoms with Gasteiger partial charge in [-0.2, -0.15) is 13.2 Å². The summed E-state index contributed by atoms with van der Waals surface area (Å²) in [5, 5.41) is 0.119. The van der Waals surface area contributed by atoms with Crippen LogP contribution in [0.4, 0.5) is 13.2 Å². The minimum Gasteiger partial charge on any atom is -0.483 e. The van der Waals surface area contributed by atoms with Gasteiger partial charge in [0.05, 0.1) is 23.9 Å². The zero-order valence-corrected chi connectivity index (χ0v) is 14.7. The van der Waals surface area contributed by atoms with Crippen molar-refractivity contribution in [1.29, 1.82) is 0 Å². The summed E-state index contributed by atoms with van der Waals surface area (Å²) in [7, 11) is 0. The van der Waals surface area contributed by atoms with Gasteiger partial charge in [-0.05, 0) is 34.1 Å². The Morgan fingerprint density at radius 2 is 2.12 bits per heavy atom. The lowest BCUT2D eigenvalue weighted by molar-refractivity contribution is -0.153. The maximum Gasteiger partial charge on any atom is 0.422 e. The van der Waals surface area contributed by atoms with Crippen molar-refractivity contribution in [2.24, 2.45) is 0 Å². The van der Waals surface area contributed by atoms with Crippen molar-refractivity contribution >= 4 is 27.5 Å². The quantitative estimate of drug-likeness (QED) is 0.727. The number of fused-ring (bicyclic) bond motifs is 1. The van der Waals surface area contributed by atoms with Crippen LogP contribution >= 0.6 is 27.5 Å². The van der Waals surface area contributed by atoms with Gasteiger partial charge in [-0.1, -0.05) is 11.6 Å². The molecule has 1 aromatic heterocycles. The van der Waals surface area contributed by atoms with E-state index in [1.165, 1.54) is 12.1 Å². The van der Waals surface area contributed by atoms with Crippen LogP contribution in [0.2, 0.25) is 5.02 Å². The highest BCUT2D eigenvalue weighted by Crippen LogP contribution is 2.33. The second-order valence-corrected chi connectivity index (χ2v) is 6.39. The molecule has 0 aliphatic carbocycles. The SMILES string of the molecule is FC(F)(F)COc1cc(-c2nc(Br)c3n2CCOCC3)ccc1Cl. The standard InChI is InChI=1S/C15H13BrClF3N2O2/c16-13-11-3-5-23-6-4-22(11)14(21-13)9-1-2-10(17)12(7-9)24-8-15(18,19)20/h1-2,7H,3-6,8H2. The molecule has 0 amide bonds. The second kappa shape index (κ2) is 6.93. The number of hydrogen-bond acceptors (Lipinski definition) is 3. The van der Waals surface area contributed by atoms with Gasteiger partial charge in [0.1, 0.15) is 16.2 Å². The van der Waals surface area contributed by atoms with Crippen LogP contribution in [0.25, 0.3) is 11.4 Å². The Balaban J connectivity index is 1.96. The maximum absolute atomic E-state index is 12.4. The van der Waals surface area contributed by atoms with Crippen molar-refractivity contribution in [1.82, 2.24) is 9.55 Å². The van der Waals surface area contributed by atoms with E-state index in [2.05, 4.69) is 20.9 Å². The summed E-state index contributed by atoms with van der Waals surface area (Å²) < 4.78 is 50.1. The third kappa shape index (κ3) is 3.87. The van der Waals surface area contributed by atoms with Crippen molar-refractivity contribution in [2.75, 3.05) is 19.8 Å². The number of alkyl halides is 3. The van der Waals surface area contributed by atoms with Crippen LogP contribution in [0, 0.1) is 0 Å². The lowest BCUT2D eigenvalue weighted by atomic mass is 10.2. The predicted octanol–water partition coefficient (Wildman–Crippen LogP) is 4.48.